The van der Waals surface area contributed by atoms with Crippen LogP contribution in [0.25, 0.3) is 0 Å². The number of rotatable bonds is 5. The molecule has 2 heteroatoms. The maximum absolute atomic E-state index is 3.90. The van der Waals surface area contributed by atoms with E-state index in [9.17, 15) is 0 Å². The molecule has 2 rings (SSSR count). The third-order valence-electron chi connectivity index (χ3n) is 4.03. The van der Waals surface area contributed by atoms with Crippen molar-refractivity contribution in [3.05, 3.63) is 35.9 Å². The Morgan fingerprint density at radius 1 is 1.22 bits per heavy atom. The van der Waals surface area contributed by atoms with E-state index in [1.54, 1.807) is 0 Å². The van der Waals surface area contributed by atoms with Gasteiger partial charge in [0.15, 0.2) is 0 Å². The molecule has 3 atom stereocenters. The highest BCUT2D eigenvalue weighted by Crippen LogP contribution is 2.29. The van der Waals surface area contributed by atoms with Crippen LogP contribution >= 0.6 is 11.8 Å². The van der Waals surface area contributed by atoms with E-state index in [0.29, 0.717) is 12.1 Å². The molecule has 0 aliphatic heterocycles. The number of thioether (sulfide) groups is 1. The van der Waals surface area contributed by atoms with E-state index < -0.39 is 0 Å². The van der Waals surface area contributed by atoms with Gasteiger partial charge in [-0.2, -0.15) is 11.8 Å². The minimum atomic E-state index is 0.518. The topological polar surface area (TPSA) is 12.0 Å². The second kappa shape index (κ2) is 7.20. The van der Waals surface area contributed by atoms with Crippen LogP contribution in [0.1, 0.15) is 50.6 Å². The summed E-state index contributed by atoms with van der Waals surface area (Å²) >= 11 is 2.04. The molecule has 18 heavy (non-hydrogen) atoms. The van der Waals surface area contributed by atoms with Gasteiger partial charge >= 0.3 is 0 Å². The highest BCUT2D eigenvalue weighted by atomic mass is 32.2. The van der Waals surface area contributed by atoms with Gasteiger partial charge in [0.25, 0.3) is 0 Å². The lowest BCUT2D eigenvalue weighted by Crippen LogP contribution is -2.42. The molecule has 1 aromatic carbocycles. The molecule has 1 aromatic rings. The highest BCUT2D eigenvalue weighted by Gasteiger charge is 2.26. The summed E-state index contributed by atoms with van der Waals surface area (Å²) in [5, 5.41) is 4.70. The fraction of sp³-hybridized carbons (Fsp3) is 0.625. The van der Waals surface area contributed by atoms with E-state index in [1.807, 2.05) is 11.8 Å². The SMILES string of the molecule is CCC(NC1CCCCC1SC)c1ccccc1. The van der Waals surface area contributed by atoms with Crippen LogP contribution < -0.4 is 5.32 Å². The van der Waals surface area contributed by atoms with Crippen LogP contribution in [-0.4, -0.2) is 17.5 Å². The molecule has 1 saturated carbocycles. The zero-order valence-electron chi connectivity index (χ0n) is 11.6. The third kappa shape index (κ3) is 3.52. The minimum absolute atomic E-state index is 0.518. The minimum Gasteiger partial charge on any atom is -0.306 e. The molecular formula is C16H25NS. The molecule has 0 heterocycles. The average molecular weight is 263 g/mol. The first-order valence-electron chi connectivity index (χ1n) is 7.19. The van der Waals surface area contributed by atoms with Crippen LogP contribution in [0.4, 0.5) is 0 Å². The molecule has 1 fully saturated rings. The molecule has 0 bridgehead atoms. The van der Waals surface area contributed by atoms with E-state index in [0.717, 1.165) is 5.25 Å². The molecule has 0 spiro atoms. The predicted octanol–water partition coefficient (Wildman–Crippen LogP) is 4.40. The van der Waals surface area contributed by atoms with Crippen molar-refractivity contribution < 1.29 is 0 Å². The van der Waals surface area contributed by atoms with Crippen molar-refractivity contribution in [1.29, 1.82) is 0 Å². The van der Waals surface area contributed by atoms with Gasteiger partial charge in [-0.1, -0.05) is 50.1 Å². The highest BCUT2D eigenvalue weighted by molar-refractivity contribution is 7.99. The second-order valence-electron chi connectivity index (χ2n) is 5.20. The first-order chi connectivity index (χ1) is 8.85. The molecule has 3 unspecified atom stereocenters. The summed E-state index contributed by atoms with van der Waals surface area (Å²) in [5.41, 5.74) is 1.44. The van der Waals surface area contributed by atoms with E-state index >= 15 is 0 Å². The second-order valence-corrected chi connectivity index (χ2v) is 6.28. The van der Waals surface area contributed by atoms with Gasteiger partial charge in [0.2, 0.25) is 0 Å². The van der Waals surface area contributed by atoms with E-state index in [4.69, 9.17) is 0 Å². The Kier molecular flexibility index (Phi) is 5.58. The van der Waals surface area contributed by atoms with E-state index in [2.05, 4.69) is 48.8 Å². The maximum Gasteiger partial charge on any atom is 0.0320 e. The van der Waals surface area contributed by atoms with Gasteiger partial charge in [0, 0.05) is 17.3 Å². The lowest BCUT2D eigenvalue weighted by molar-refractivity contribution is 0.343. The van der Waals surface area contributed by atoms with Crippen molar-refractivity contribution in [3.63, 3.8) is 0 Å². The van der Waals surface area contributed by atoms with E-state index in [-0.39, 0.29) is 0 Å². The van der Waals surface area contributed by atoms with Crippen LogP contribution in [0.3, 0.4) is 0 Å². The predicted molar refractivity (Wildman–Crippen MR) is 82.2 cm³/mol. The Balaban J connectivity index is 2.01. The third-order valence-corrected chi connectivity index (χ3v) is 5.20. The van der Waals surface area contributed by atoms with Gasteiger partial charge in [-0.3, -0.25) is 0 Å². The molecule has 0 amide bonds. The van der Waals surface area contributed by atoms with Crippen molar-refractivity contribution >= 4 is 11.8 Å². The lowest BCUT2D eigenvalue weighted by atomic mass is 9.93. The summed E-state index contributed by atoms with van der Waals surface area (Å²) in [4.78, 5) is 0. The molecule has 100 valence electrons. The van der Waals surface area contributed by atoms with E-state index in [1.165, 1.54) is 37.7 Å². The molecule has 1 aliphatic carbocycles. The molecule has 0 radical (unpaired) electrons. The summed E-state index contributed by atoms with van der Waals surface area (Å²) in [5.74, 6) is 0. The summed E-state index contributed by atoms with van der Waals surface area (Å²) in [6.07, 6.45) is 8.94. The standard InChI is InChI=1S/C16H25NS/c1-3-14(13-9-5-4-6-10-13)17-15-11-7-8-12-16(15)18-2/h4-6,9-10,14-17H,3,7-8,11-12H2,1-2H3. The maximum atomic E-state index is 3.90. The molecule has 0 aromatic heterocycles. The largest absolute Gasteiger partial charge is 0.306 e. The van der Waals surface area contributed by atoms with Gasteiger partial charge in [0.1, 0.15) is 0 Å². The van der Waals surface area contributed by atoms with Crippen molar-refractivity contribution in [2.75, 3.05) is 6.26 Å². The molecule has 1 nitrogen and oxygen atoms in total. The van der Waals surface area contributed by atoms with Crippen molar-refractivity contribution in [2.24, 2.45) is 0 Å². The Labute approximate surface area is 116 Å². The summed E-state index contributed by atoms with van der Waals surface area (Å²) < 4.78 is 0. The van der Waals surface area contributed by atoms with Crippen molar-refractivity contribution in [1.82, 2.24) is 5.32 Å². The first-order valence-corrected chi connectivity index (χ1v) is 8.47. The summed E-state index contributed by atoms with van der Waals surface area (Å²) in [6, 6.07) is 12.1. The Morgan fingerprint density at radius 3 is 2.61 bits per heavy atom. The van der Waals surface area contributed by atoms with Crippen LogP contribution in [0.2, 0.25) is 0 Å². The summed E-state index contributed by atoms with van der Waals surface area (Å²) in [7, 11) is 0. The van der Waals surface area contributed by atoms with Crippen LogP contribution in [-0.2, 0) is 0 Å². The smallest absolute Gasteiger partial charge is 0.0320 e. The van der Waals surface area contributed by atoms with Gasteiger partial charge in [0.05, 0.1) is 0 Å². The molecule has 1 N–H and O–H groups in total. The van der Waals surface area contributed by atoms with Gasteiger partial charge < -0.3 is 5.32 Å². The Morgan fingerprint density at radius 2 is 1.94 bits per heavy atom. The number of nitrogens with one attached hydrogen (secondary N) is 1. The quantitative estimate of drug-likeness (QED) is 0.845. The molecule has 0 saturated heterocycles. The number of benzene rings is 1. The van der Waals surface area contributed by atoms with Crippen LogP contribution in [0.15, 0.2) is 30.3 Å². The Hall–Kier alpha value is -0.470. The zero-order chi connectivity index (χ0) is 12.8. The van der Waals surface area contributed by atoms with Gasteiger partial charge in [-0.05, 0) is 31.1 Å². The normalized spacial score (nSPS) is 25.9. The zero-order valence-corrected chi connectivity index (χ0v) is 12.4. The number of hydrogen-bond donors (Lipinski definition) is 1. The van der Waals surface area contributed by atoms with Crippen LogP contribution in [0.5, 0.6) is 0 Å². The Bertz CT molecular complexity index is 338. The van der Waals surface area contributed by atoms with Gasteiger partial charge in [-0.15, -0.1) is 0 Å². The monoisotopic (exact) mass is 263 g/mol. The fourth-order valence-electron chi connectivity index (χ4n) is 2.96. The molecular weight excluding hydrogens is 238 g/mol. The molecule has 1 aliphatic rings. The van der Waals surface area contributed by atoms with Crippen molar-refractivity contribution in [3.8, 4) is 0 Å². The lowest BCUT2D eigenvalue weighted by Gasteiger charge is -2.34. The van der Waals surface area contributed by atoms with Gasteiger partial charge in [-0.25, -0.2) is 0 Å². The fourth-order valence-corrected chi connectivity index (χ4v) is 3.91. The summed E-state index contributed by atoms with van der Waals surface area (Å²) in [6.45, 7) is 2.28. The first kappa shape index (κ1) is 14.0. The number of hydrogen-bond acceptors (Lipinski definition) is 2. The van der Waals surface area contributed by atoms with Crippen LogP contribution in [0, 0.1) is 0 Å². The van der Waals surface area contributed by atoms with Crippen molar-refractivity contribution in [2.45, 2.75) is 56.4 Å². The average Bonchev–Trinajstić information content (AvgIpc) is 2.46.